The number of aromatic nitrogens is 3. The number of carboxylic acid groups (broad SMARTS) is 1. The van der Waals surface area contributed by atoms with E-state index in [1.165, 1.54) is 0 Å². The number of ether oxygens (including phenoxy) is 2. The number of rotatable bonds is 5. The molecule has 0 spiro atoms. The van der Waals surface area contributed by atoms with Crippen molar-refractivity contribution in [2.45, 2.75) is 25.7 Å². The molecule has 9 nitrogen and oxygen atoms in total. The lowest BCUT2D eigenvalue weighted by Gasteiger charge is -2.16. The molecule has 4 rings (SSSR count). The second kappa shape index (κ2) is 6.90. The largest absolute Gasteiger partial charge is 0.481 e. The predicted molar refractivity (Wildman–Crippen MR) is 92.5 cm³/mol. The number of H-pyrrole nitrogens is 1. The fraction of sp³-hybridized carbons (Fsp3) is 0.444. The van der Waals surface area contributed by atoms with Gasteiger partial charge in [-0.2, -0.15) is 5.10 Å². The smallest absolute Gasteiger partial charge is 0.308 e. The van der Waals surface area contributed by atoms with Crippen LogP contribution in [0.15, 0.2) is 18.2 Å². The minimum Gasteiger partial charge on any atom is -0.481 e. The van der Waals surface area contributed by atoms with Gasteiger partial charge in [-0.05, 0) is 24.6 Å². The van der Waals surface area contributed by atoms with E-state index < -0.39 is 11.9 Å². The monoisotopic (exact) mass is 372 g/mol. The van der Waals surface area contributed by atoms with Crippen LogP contribution in [-0.4, -0.2) is 56.9 Å². The van der Waals surface area contributed by atoms with E-state index in [-0.39, 0.29) is 31.6 Å². The molecule has 142 valence electrons. The third kappa shape index (κ3) is 3.44. The maximum atomic E-state index is 12.6. The summed E-state index contributed by atoms with van der Waals surface area (Å²) in [7, 11) is 0. The molecule has 1 aromatic carbocycles. The molecule has 2 aromatic rings. The zero-order chi connectivity index (χ0) is 19.0. The summed E-state index contributed by atoms with van der Waals surface area (Å²) in [4.78, 5) is 30.1. The molecule has 2 atom stereocenters. The minimum absolute atomic E-state index is 0.0908. The molecule has 0 aliphatic carbocycles. The van der Waals surface area contributed by atoms with Crippen molar-refractivity contribution in [1.29, 1.82) is 0 Å². The lowest BCUT2D eigenvalue weighted by Crippen LogP contribution is -2.30. The van der Waals surface area contributed by atoms with E-state index in [0.29, 0.717) is 36.1 Å². The Bertz CT molecular complexity index is 880. The molecule has 2 aliphatic rings. The van der Waals surface area contributed by atoms with E-state index in [2.05, 4.69) is 15.2 Å². The van der Waals surface area contributed by atoms with Crippen LogP contribution in [0, 0.1) is 12.8 Å². The van der Waals surface area contributed by atoms with Crippen molar-refractivity contribution in [3.05, 3.63) is 35.4 Å². The SMILES string of the molecule is Cc1nc(CCC(=O)N2C[C@H](C(=O)O)[C@@H](c3ccc4c(c3)OCO4)C2)n[nH]1. The highest BCUT2D eigenvalue weighted by Gasteiger charge is 2.40. The Balaban J connectivity index is 1.46. The summed E-state index contributed by atoms with van der Waals surface area (Å²) in [5, 5.41) is 16.4. The van der Waals surface area contributed by atoms with Crippen molar-refractivity contribution in [3.63, 3.8) is 0 Å². The summed E-state index contributed by atoms with van der Waals surface area (Å²) >= 11 is 0. The highest BCUT2D eigenvalue weighted by molar-refractivity contribution is 5.80. The van der Waals surface area contributed by atoms with E-state index in [0.717, 1.165) is 5.56 Å². The maximum Gasteiger partial charge on any atom is 0.308 e. The molecule has 27 heavy (non-hydrogen) atoms. The number of aliphatic carboxylic acids is 1. The molecule has 0 radical (unpaired) electrons. The van der Waals surface area contributed by atoms with Gasteiger partial charge in [-0.15, -0.1) is 0 Å². The van der Waals surface area contributed by atoms with E-state index in [1.54, 1.807) is 17.9 Å². The van der Waals surface area contributed by atoms with Crippen molar-refractivity contribution < 1.29 is 24.2 Å². The molecule has 1 aromatic heterocycles. The van der Waals surface area contributed by atoms with Crippen LogP contribution >= 0.6 is 0 Å². The van der Waals surface area contributed by atoms with Crippen LogP contribution in [0.1, 0.15) is 29.6 Å². The molecule has 0 bridgehead atoms. The van der Waals surface area contributed by atoms with Crippen LogP contribution in [0.25, 0.3) is 0 Å². The Hall–Kier alpha value is -3.10. The first kappa shape index (κ1) is 17.3. The number of nitrogens with zero attached hydrogens (tertiary/aromatic N) is 3. The lowest BCUT2D eigenvalue weighted by atomic mass is 9.89. The number of aryl methyl sites for hydroxylation is 2. The first-order valence-electron chi connectivity index (χ1n) is 8.79. The van der Waals surface area contributed by atoms with Crippen molar-refractivity contribution in [1.82, 2.24) is 20.1 Å². The number of likely N-dealkylation sites (tertiary alicyclic amines) is 1. The Morgan fingerprint density at radius 1 is 1.30 bits per heavy atom. The number of carbonyl (C=O) groups is 2. The first-order chi connectivity index (χ1) is 13.0. The molecule has 3 heterocycles. The fourth-order valence-corrected chi connectivity index (χ4v) is 3.62. The average molecular weight is 372 g/mol. The zero-order valence-electron chi connectivity index (χ0n) is 14.8. The van der Waals surface area contributed by atoms with Crippen LogP contribution < -0.4 is 9.47 Å². The highest BCUT2D eigenvalue weighted by atomic mass is 16.7. The molecule has 1 fully saturated rings. The molecule has 2 aliphatic heterocycles. The van der Waals surface area contributed by atoms with Gasteiger partial charge in [-0.25, -0.2) is 4.98 Å². The second-order valence-electron chi connectivity index (χ2n) is 6.80. The molecule has 2 N–H and O–H groups in total. The van der Waals surface area contributed by atoms with Gasteiger partial charge in [0.25, 0.3) is 0 Å². The van der Waals surface area contributed by atoms with E-state index in [4.69, 9.17) is 9.47 Å². The summed E-state index contributed by atoms with van der Waals surface area (Å²) in [5.41, 5.74) is 0.839. The van der Waals surface area contributed by atoms with Crippen LogP contribution in [0.4, 0.5) is 0 Å². The van der Waals surface area contributed by atoms with Crippen LogP contribution in [0.3, 0.4) is 0 Å². The molecule has 1 saturated heterocycles. The number of nitrogens with one attached hydrogen (secondary N) is 1. The molecule has 0 unspecified atom stereocenters. The Morgan fingerprint density at radius 3 is 2.85 bits per heavy atom. The minimum atomic E-state index is -0.905. The van der Waals surface area contributed by atoms with Crippen molar-refractivity contribution in [2.24, 2.45) is 5.92 Å². The van der Waals surface area contributed by atoms with E-state index in [1.807, 2.05) is 12.1 Å². The number of aromatic amines is 1. The van der Waals surface area contributed by atoms with Crippen LogP contribution in [-0.2, 0) is 16.0 Å². The van der Waals surface area contributed by atoms with Crippen molar-refractivity contribution >= 4 is 11.9 Å². The van der Waals surface area contributed by atoms with Gasteiger partial charge in [0, 0.05) is 31.8 Å². The summed E-state index contributed by atoms with van der Waals surface area (Å²) in [6, 6.07) is 5.44. The van der Waals surface area contributed by atoms with Crippen LogP contribution in [0.5, 0.6) is 11.5 Å². The van der Waals surface area contributed by atoms with Gasteiger partial charge in [-0.3, -0.25) is 14.7 Å². The topological polar surface area (TPSA) is 118 Å². The quantitative estimate of drug-likeness (QED) is 0.807. The Labute approximate surface area is 155 Å². The number of hydrogen-bond donors (Lipinski definition) is 2. The Morgan fingerprint density at radius 2 is 2.11 bits per heavy atom. The van der Waals surface area contributed by atoms with Gasteiger partial charge in [0.05, 0.1) is 5.92 Å². The molecule has 9 heteroatoms. The number of fused-ring (bicyclic) bond motifs is 1. The third-order valence-electron chi connectivity index (χ3n) is 5.02. The van der Waals surface area contributed by atoms with Gasteiger partial charge < -0.3 is 19.5 Å². The first-order valence-corrected chi connectivity index (χ1v) is 8.79. The summed E-state index contributed by atoms with van der Waals surface area (Å²) in [6.45, 7) is 2.52. The van der Waals surface area contributed by atoms with Gasteiger partial charge >= 0.3 is 5.97 Å². The molecule has 0 saturated carbocycles. The number of carboxylic acids is 1. The Kier molecular flexibility index (Phi) is 4.43. The van der Waals surface area contributed by atoms with E-state index >= 15 is 0 Å². The van der Waals surface area contributed by atoms with Crippen molar-refractivity contribution in [2.75, 3.05) is 19.9 Å². The predicted octanol–water partition coefficient (Wildman–Crippen LogP) is 1.10. The third-order valence-corrected chi connectivity index (χ3v) is 5.02. The fourth-order valence-electron chi connectivity index (χ4n) is 3.62. The number of hydrogen-bond acceptors (Lipinski definition) is 6. The summed E-state index contributed by atoms with van der Waals surface area (Å²) in [5.74, 6) is 0.616. The summed E-state index contributed by atoms with van der Waals surface area (Å²) < 4.78 is 10.7. The van der Waals surface area contributed by atoms with Gasteiger partial charge in [0.15, 0.2) is 17.3 Å². The number of amides is 1. The van der Waals surface area contributed by atoms with E-state index in [9.17, 15) is 14.7 Å². The van der Waals surface area contributed by atoms with Gasteiger partial charge in [0.2, 0.25) is 12.7 Å². The standard InChI is InChI=1S/C18H20N4O5/c1-10-19-16(21-20-10)4-5-17(23)22-7-12(13(8-22)18(24)25)11-2-3-14-15(6-11)27-9-26-14/h2-3,6,12-13H,4-5,7-9H2,1H3,(H,24,25)(H,19,20,21)/t12-,13+/m1/s1. The maximum absolute atomic E-state index is 12.6. The zero-order valence-corrected chi connectivity index (χ0v) is 14.8. The van der Waals surface area contributed by atoms with Crippen molar-refractivity contribution in [3.8, 4) is 11.5 Å². The average Bonchev–Trinajstić information content (AvgIpc) is 3.37. The number of carbonyl (C=O) groups excluding carboxylic acids is 1. The molecule has 1 amide bonds. The van der Waals surface area contributed by atoms with Gasteiger partial charge in [0.1, 0.15) is 5.82 Å². The molecular weight excluding hydrogens is 352 g/mol. The normalized spacial score (nSPS) is 20.9. The summed E-state index contributed by atoms with van der Waals surface area (Å²) in [6.07, 6.45) is 0.670. The number of benzene rings is 1. The highest BCUT2D eigenvalue weighted by Crippen LogP contribution is 2.39. The van der Waals surface area contributed by atoms with Crippen LogP contribution in [0.2, 0.25) is 0 Å². The van der Waals surface area contributed by atoms with Gasteiger partial charge in [-0.1, -0.05) is 6.07 Å². The lowest BCUT2D eigenvalue weighted by molar-refractivity contribution is -0.141. The second-order valence-corrected chi connectivity index (χ2v) is 6.80. The molecular formula is C18H20N4O5.